The smallest absolute Gasteiger partial charge is 0.254 e. The average Bonchev–Trinajstić information content (AvgIpc) is 2.70. The van der Waals surface area contributed by atoms with E-state index < -0.39 is 0 Å². The summed E-state index contributed by atoms with van der Waals surface area (Å²) in [6, 6.07) is 0. The molecule has 2 N–H and O–H groups in total. The highest BCUT2D eigenvalue weighted by Gasteiger charge is 2.21. The maximum absolute atomic E-state index is 12.6. The Balaban J connectivity index is 3.71. The molecule has 0 aliphatic carbocycles. The van der Waals surface area contributed by atoms with Crippen LogP contribution in [0.1, 0.15) is 118 Å². The molecule has 28 heavy (non-hydrogen) atoms. The van der Waals surface area contributed by atoms with Crippen molar-refractivity contribution < 1.29 is 4.79 Å². The van der Waals surface area contributed by atoms with E-state index in [1.54, 1.807) is 5.12 Å². The second-order valence-electron chi connectivity index (χ2n) is 7.82. The van der Waals surface area contributed by atoms with Gasteiger partial charge in [-0.15, -0.1) is 0 Å². The molecule has 0 saturated heterocycles. The molecule has 0 aliphatic heterocycles. The van der Waals surface area contributed by atoms with E-state index in [0.29, 0.717) is 0 Å². The number of hydrogen-bond donors (Lipinski definition) is 2. The van der Waals surface area contributed by atoms with Crippen LogP contribution in [-0.4, -0.2) is 24.1 Å². The number of unbranched alkanes of at least 4 members (excludes halogenated alkanes) is 10. The van der Waals surface area contributed by atoms with E-state index in [0.717, 1.165) is 32.4 Å². The lowest BCUT2D eigenvalue weighted by atomic mass is 9.97. The Morgan fingerprint density at radius 1 is 0.750 bits per heavy atom. The van der Waals surface area contributed by atoms with Crippen molar-refractivity contribution in [1.82, 2.24) is 16.0 Å². The van der Waals surface area contributed by atoms with Crippen LogP contribution in [0.5, 0.6) is 0 Å². The monoisotopic (exact) mass is 395 g/mol. The molecule has 0 aromatic rings. The lowest BCUT2D eigenvalue weighted by Crippen LogP contribution is -2.53. The molecule has 166 valence electrons. The third-order valence-corrected chi connectivity index (χ3v) is 5.26. The van der Waals surface area contributed by atoms with Crippen molar-refractivity contribution in [3.63, 3.8) is 0 Å². The summed E-state index contributed by atoms with van der Waals surface area (Å²) in [5, 5.41) is 1.60. The fraction of sp³-hybridized carbons (Fsp3) is 0.875. The normalized spacial score (nSPS) is 12.6. The second kappa shape index (κ2) is 20.9. The first-order valence-corrected chi connectivity index (χ1v) is 12.2. The molecule has 0 fully saturated rings. The van der Waals surface area contributed by atoms with Gasteiger partial charge in [-0.25, -0.2) is 16.0 Å². The maximum atomic E-state index is 12.6. The third-order valence-electron chi connectivity index (χ3n) is 5.26. The zero-order valence-corrected chi connectivity index (χ0v) is 19.4. The van der Waals surface area contributed by atoms with Gasteiger partial charge in [-0.3, -0.25) is 4.79 Å². The SMILES string of the molecule is CCCCCCCC/C=C\CCCCCCC(CC)C(=O)N(NCC)NCC. The highest BCUT2D eigenvalue weighted by Crippen LogP contribution is 2.17. The van der Waals surface area contributed by atoms with Crippen molar-refractivity contribution in [2.24, 2.45) is 5.92 Å². The number of hydrazine groups is 2. The van der Waals surface area contributed by atoms with Crippen molar-refractivity contribution in [1.29, 1.82) is 0 Å². The van der Waals surface area contributed by atoms with Crippen LogP contribution in [0.15, 0.2) is 12.2 Å². The predicted molar refractivity (Wildman–Crippen MR) is 123 cm³/mol. The molecule has 0 aromatic carbocycles. The Labute approximate surface area is 175 Å². The number of allylic oxidation sites excluding steroid dienone is 2. The number of amides is 1. The Hall–Kier alpha value is -0.870. The molecule has 1 unspecified atom stereocenters. The van der Waals surface area contributed by atoms with Crippen LogP contribution in [-0.2, 0) is 4.79 Å². The van der Waals surface area contributed by atoms with Gasteiger partial charge >= 0.3 is 0 Å². The molecular weight excluding hydrogens is 346 g/mol. The molecular formula is C24H49N3O. The summed E-state index contributed by atoms with van der Waals surface area (Å²) < 4.78 is 0. The van der Waals surface area contributed by atoms with Gasteiger partial charge in [-0.1, -0.05) is 91.2 Å². The predicted octanol–water partition coefficient (Wildman–Crippen LogP) is 6.54. The number of carbonyl (C=O) groups excluding carboxylic acids is 1. The molecule has 0 heterocycles. The van der Waals surface area contributed by atoms with Gasteiger partial charge in [0, 0.05) is 19.0 Å². The van der Waals surface area contributed by atoms with Crippen LogP contribution in [0.2, 0.25) is 0 Å². The highest BCUT2D eigenvalue weighted by atomic mass is 16.2. The zero-order valence-electron chi connectivity index (χ0n) is 19.4. The van der Waals surface area contributed by atoms with E-state index >= 15 is 0 Å². The quantitative estimate of drug-likeness (QED) is 0.140. The van der Waals surface area contributed by atoms with Gasteiger partial charge in [0.25, 0.3) is 5.91 Å². The Kier molecular flexibility index (Phi) is 20.2. The van der Waals surface area contributed by atoms with Crippen molar-refractivity contribution in [3.05, 3.63) is 12.2 Å². The fourth-order valence-electron chi connectivity index (χ4n) is 3.50. The summed E-state index contributed by atoms with van der Waals surface area (Å²) in [6.45, 7) is 9.92. The van der Waals surface area contributed by atoms with Crippen molar-refractivity contribution >= 4 is 5.91 Å². The first-order valence-electron chi connectivity index (χ1n) is 12.2. The highest BCUT2D eigenvalue weighted by molar-refractivity contribution is 5.77. The summed E-state index contributed by atoms with van der Waals surface area (Å²) in [5.74, 6) is 0.305. The largest absolute Gasteiger partial charge is 0.272 e. The van der Waals surface area contributed by atoms with E-state index in [-0.39, 0.29) is 11.8 Å². The van der Waals surface area contributed by atoms with Crippen molar-refractivity contribution in [3.8, 4) is 0 Å². The van der Waals surface area contributed by atoms with Crippen LogP contribution in [0.25, 0.3) is 0 Å². The Morgan fingerprint density at radius 2 is 1.25 bits per heavy atom. The van der Waals surface area contributed by atoms with E-state index in [9.17, 15) is 4.79 Å². The minimum Gasteiger partial charge on any atom is -0.272 e. The second-order valence-corrected chi connectivity index (χ2v) is 7.82. The standard InChI is InChI=1S/C24H49N3O/c1-5-9-10-11-12-13-14-15-16-17-18-19-20-21-22-23(6-2)24(28)27(25-7-3)26-8-4/h15-16,23,25-26H,5-14,17-22H2,1-4H3/b16-15-. The van der Waals surface area contributed by atoms with Crippen LogP contribution in [0.4, 0.5) is 0 Å². The number of carbonyl (C=O) groups is 1. The van der Waals surface area contributed by atoms with Crippen molar-refractivity contribution in [2.45, 2.75) is 118 Å². The molecule has 0 spiro atoms. The zero-order chi connectivity index (χ0) is 20.9. The summed E-state index contributed by atoms with van der Waals surface area (Å²) in [7, 11) is 0. The number of hydrogen-bond acceptors (Lipinski definition) is 3. The van der Waals surface area contributed by atoms with E-state index in [1.807, 2.05) is 13.8 Å². The van der Waals surface area contributed by atoms with Crippen LogP contribution in [0, 0.1) is 5.92 Å². The number of nitrogens with zero attached hydrogens (tertiary/aromatic N) is 1. The summed E-state index contributed by atoms with van der Waals surface area (Å²) in [4.78, 5) is 12.6. The topological polar surface area (TPSA) is 44.4 Å². The van der Waals surface area contributed by atoms with Gasteiger partial charge in [0.1, 0.15) is 0 Å². The fourth-order valence-corrected chi connectivity index (χ4v) is 3.50. The van der Waals surface area contributed by atoms with E-state index in [4.69, 9.17) is 0 Å². The summed E-state index contributed by atoms with van der Waals surface area (Å²) in [5.41, 5.74) is 6.23. The van der Waals surface area contributed by atoms with Crippen LogP contribution < -0.4 is 10.9 Å². The maximum Gasteiger partial charge on any atom is 0.254 e. The number of rotatable bonds is 20. The molecule has 0 bridgehead atoms. The molecule has 0 rings (SSSR count). The van der Waals surface area contributed by atoms with E-state index in [1.165, 1.54) is 70.6 Å². The van der Waals surface area contributed by atoms with E-state index in [2.05, 4.69) is 36.9 Å². The Bertz CT molecular complexity index is 365. The van der Waals surface area contributed by atoms with Gasteiger partial charge in [-0.05, 0) is 38.5 Å². The molecule has 1 amide bonds. The van der Waals surface area contributed by atoms with Crippen LogP contribution in [0.3, 0.4) is 0 Å². The molecule has 1 atom stereocenters. The lowest BCUT2D eigenvalue weighted by molar-refractivity contribution is -0.143. The van der Waals surface area contributed by atoms with Crippen LogP contribution >= 0.6 is 0 Å². The van der Waals surface area contributed by atoms with Crippen molar-refractivity contribution in [2.75, 3.05) is 13.1 Å². The first-order chi connectivity index (χ1) is 13.7. The summed E-state index contributed by atoms with van der Waals surface area (Å²) in [6.07, 6.45) is 22.3. The minimum atomic E-state index is 0.121. The van der Waals surface area contributed by atoms with Gasteiger partial charge in [0.2, 0.25) is 0 Å². The molecule has 4 heteroatoms. The third kappa shape index (κ3) is 15.1. The molecule has 0 radical (unpaired) electrons. The minimum absolute atomic E-state index is 0.121. The number of nitrogens with one attached hydrogen (secondary N) is 2. The molecule has 0 saturated carbocycles. The molecule has 0 aromatic heterocycles. The van der Waals surface area contributed by atoms with Gasteiger partial charge in [0.05, 0.1) is 0 Å². The molecule has 4 nitrogen and oxygen atoms in total. The average molecular weight is 396 g/mol. The molecule has 0 aliphatic rings. The Morgan fingerprint density at radius 3 is 1.75 bits per heavy atom. The summed E-state index contributed by atoms with van der Waals surface area (Å²) >= 11 is 0. The van der Waals surface area contributed by atoms with Gasteiger partial charge in [0.15, 0.2) is 0 Å². The first kappa shape index (κ1) is 27.1. The van der Waals surface area contributed by atoms with Gasteiger partial charge < -0.3 is 0 Å². The lowest BCUT2D eigenvalue weighted by Gasteiger charge is -2.27. The van der Waals surface area contributed by atoms with Gasteiger partial charge in [-0.2, -0.15) is 0 Å².